The molecule has 0 bridgehead atoms. The molecule has 0 spiro atoms. The van der Waals surface area contributed by atoms with Crippen LogP contribution < -0.4 is 0 Å². The summed E-state index contributed by atoms with van der Waals surface area (Å²) in [6, 6.07) is 3.07. The molecule has 0 heterocycles. The molecule has 0 amide bonds. The normalized spacial score (nSPS) is 10.8. The highest BCUT2D eigenvalue weighted by Crippen LogP contribution is 2.29. The molecular weight excluding hydrogens is 240 g/mol. The predicted octanol–water partition coefficient (Wildman–Crippen LogP) is 3.09. The number of benzene rings is 2. The van der Waals surface area contributed by atoms with E-state index >= 15 is 0 Å². The molecule has 0 radical (unpaired) electrons. The molecule has 2 nitrogen and oxygen atoms in total. The quantitative estimate of drug-likeness (QED) is 0.475. The highest BCUT2D eigenvalue weighted by atomic mass is 19.2. The average molecular weight is 244 g/mol. The van der Waals surface area contributed by atoms with Crippen LogP contribution in [0.25, 0.3) is 10.8 Å². The van der Waals surface area contributed by atoms with Crippen LogP contribution in [0.5, 0.6) is 0 Å². The summed E-state index contributed by atoms with van der Waals surface area (Å²) in [5, 5.41) is 7.36. The van der Waals surface area contributed by atoms with E-state index in [9.17, 15) is 22.4 Å². The number of carbonyl (C=O) groups is 1. The summed E-state index contributed by atoms with van der Waals surface area (Å²) >= 11 is 0. The monoisotopic (exact) mass is 244 g/mol. The fourth-order valence-corrected chi connectivity index (χ4v) is 1.57. The Morgan fingerprint density at radius 3 is 2.12 bits per heavy atom. The summed E-state index contributed by atoms with van der Waals surface area (Å²) in [5.74, 6) is -8.86. The van der Waals surface area contributed by atoms with Crippen LogP contribution in [0.4, 0.5) is 17.6 Å². The fourth-order valence-electron chi connectivity index (χ4n) is 1.57. The first-order chi connectivity index (χ1) is 7.95. The van der Waals surface area contributed by atoms with E-state index in [0.29, 0.717) is 0 Å². The molecule has 2 rings (SSSR count). The van der Waals surface area contributed by atoms with Gasteiger partial charge in [0.1, 0.15) is 0 Å². The number of aromatic carboxylic acids is 1. The van der Waals surface area contributed by atoms with Gasteiger partial charge in [-0.3, -0.25) is 0 Å². The molecule has 2 aromatic rings. The van der Waals surface area contributed by atoms with Crippen LogP contribution in [-0.4, -0.2) is 11.1 Å². The SMILES string of the molecule is O=C(O)c1cccc2c(F)c(F)c(F)c(F)c12. The first-order valence-electron chi connectivity index (χ1n) is 4.43. The minimum Gasteiger partial charge on any atom is -0.478 e. The summed E-state index contributed by atoms with van der Waals surface area (Å²) in [5.41, 5.74) is -0.627. The van der Waals surface area contributed by atoms with Crippen LogP contribution in [-0.2, 0) is 0 Å². The van der Waals surface area contributed by atoms with Crippen LogP contribution in [0.15, 0.2) is 18.2 Å². The number of rotatable bonds is 1. The molecule has 2 aromatic carbocycles. The number of hydrogen-bond donors (Lipinski definition) is 1. The maximum absolute atomic E-state index is 13.4. The molecule has 0 atom stereocenters. The van der Waals surface area contributed by atoms with E-state index in [2.05, 4.69) is 0 Å². The van der Waals surface area contributed by atoms with E-state index in [-0.39, 0.29) is 0 Å². The van der Waals surface area contributed by atoms with Gasteiger partial charge in [-0.2, -0.15) is 0 Å². The zero-order valence-electron chi connectivity index (χ0n) is 8.10. The van der Waals surface area contributed by atoms with Crippen molar-refractivity contribution in [3.63, 3.8) is 0 Å². The van der Waals surface area contributed by atoms with Gasteiger partial charge in [-0.05, 0) is 6.07 Å². The molecule has 0 aliphatic heterocycles. The third-order valence-corrected chi connectivity index (χ3v) is 2.33. The number of fused-ring (bicyclic) bond motifs is 1. The van der Waals surface area contributed by atoms with Gasteiger partial charge in [0.05, 0.1) is 5.56 Å². The summed E-state index contributed by atoms with van der Waals surface area (Å²) < 4.78 is 52.6. The van der Waals surface area contributed by atoms with E-state index in [1.165, 1.54) is 0 Å². The number of hydrogen-bond acceptors (Lipinski definition) is 1. The second kappa shape index (κ2) is 3.73. The smallest absolute Gasteiger partial charge is 0.336 e. The molecule has 0 saturated carbocycles. The van der Waals surface area contributed by atoms with Crippen LogP contribution in [0.3, 0.4) is 0 Å². The zero-order chi connectivity index (χ0) is 12.7. The van der Waals surface area contributed by atoms with Crippen molar-refractivity contribution in [2.24, 2.45) is 0 Å². The van der Waals surface area contributed by atoms with E-state index in [1.807, 2.05) is 0 Å². The Labute approximate surface area is 92.1 Å². The van der Waals surface area contributed by atoms with Crippen LogP contribution in [0, 0.1) is 23.3 Å². The van der Waals surface area contributed by atoms with Gasteiger partial charge in [-0.15, -0.1) is 0 Å². The standard InChI is InChI=1S/C11H4F4O2/c12-7-4-2-1-3-5(11(16)17)6(4)8(13)10(15)9(7)14/h1-3H,(H,16,17). The van der Waals surface area contributed by atoms with Crippen molar-refractivity contribution in [1.82, 2.24) is 0 Å². The highest BCUT2D eigenvalue weighted by Gasteiger charge is 2.23. The molecular formula is C11H4F4O2. The summed E-state index contributed by atoms with van der Waals surface area (Å²) in [6.07, 6.45) is 0. The van der Waals surface area contributed by atoms with E-state index < -0.39 is 45.6 Å². The van der Waals surface area contributed by atoms with Crippen molar-refractivity contribution in [3.05, 3.63) is 47.0 Å². The van der Waals surface area contributed by atoms with Gasteiger partial charge in [0, 0.05) is 10.8 Å². The number of carboxylic acids is 1. The second-order valence-corrected chi connectivity index (χ2v) is 3.29. The van der Waals surface area contributed by atoms with Gasteiger partial charge in [0.2, 0.25) is 0 Å². The molecule has 88 valence electrons. The van der Waals surface area contributed by atoms with Gasteiger partial charge in [-0.25, -0.2) is 22.4 Å². The largest absolute Gasteiger partial charge is 0.478 e. The third-order valence-electron chi connectivity index (χ3n) is 2.33. The lowest BCUT2D eigenvalue weighted by Gasteiger charge is -2.06. The Bertz CT molecular complexity index is 637. The third kappa shape index (κ3) is 1.52. The maximum Gasteiger partial charge on any atom is 0.336 e. The lowest BCUT2D eigenvalue weighted by molar-refractivity contribution is 0.0698. The van der Waals surface area contributed by atoms with Crippen LogP contribution >= 0.6 is 0 Å². The molecule has 17 heavy (non-hydrogen) atoms. The minimum absolute atomic E-state index is 0.610. The maximum atomic E-state index is 13.4. The van der Waals surface area contributed by atoms with E-state index in [0.717, 1.165) is 18.2 Å². The lowest BCUT2D eigenvalue weighted by Crippen LogP contribution is -2.04. The summed E-state index contributed by atoms with van der Waals surface area (Å²) in [7, 11) is 0. The minimum atomic E-state index is -2.02. The number of carboxylic acid groups (broad SMARTS) is 1. The lowest BCUT2D eigenvalue weighted by atomic mass is 10.0. The summed E-state index contributed by atoms with van der Waals surface area (Å²) in [6.45, 7) is 0. The van der Waals surface area contributed by atoms with Gasteiger partial charge in [0.25, 0.3) is 0 Å². The van der Waals surface area contributed by atoms with Crippen molar-refractivity contribution < 1.29 is 27.5 Å². The van der Waals surface area contributed by atoms with Crippen molar-refractivity contribution in [1.29, 1.82) is 0 Å². The topological polar surface area (TPSA) is 37.3 Å². The van der Waals surface area contributed by atoms with Crippen molar-refractivity contribution in [2.45, 2.75) is 0 Å². The molecule has 1 N–H and O–H groups in total. The number of halogens is 4. The fraction of sp³-hybridized carbons (Fsp3) is 0. The van der Waals surface area contributed by atoms with Gasteiger partial charge in [0.15, 0.2) is 23.3 Å². The molecule has 0 fully saturated rings. The molecule has 6 heteroatoms. The Kier molecular flexibility index (Phi) is 2.49. The van der Waals surface area contributed by atoms with Gasteiger partial charge in [-0.1, -0.05) is 12.1 Å². The first-order valence-corrected chi connectivity index (χ1v) is 4.43. The van der Waals surface area contributed by atoms with E-state index in [1.54, 1.807) is 0 Å². The van der Waals surface area contributed by atoms with Crippen molar-refractivity contribution >= 4 is 16.7 Å². The second-order valence-electron chi connectivity index (χ2n) is 3.29. The van der Waals surface area contributed by atoms with Gasteiger partial charge >= 0.3 is 5.97 Å². The Morgan fingerprint density at radius 2 is 1.53 bits per heavy atom. The van der Waals surface area contributed by atoms with Crippen LogP contribution in [0.2, 0.25) is 0 Å². The predicted molar refractivity (Wildman–Crippen MR) is 50.7 cm³/mol. The highest BCUT2D eigenvalue weighted by molar-refractivity contribution is 6.04. The van der Waals surface area contributed by atoms with Crippen molar-refractivity contribution in [3.8, 4) is 0 Å². The Morgan fingerprint density at radius 1 is 0.941 bits per heavy atom. The van der Waals surface area contributed by atoms with E-state index in [4.69, 9.17) is 5.11 Å². The zero-order valence-corrected chi connectivity index (χ0v) is 8.10. The molecule has 0 aliphatic rings. The molecule has 0 unspecified atom stereocenters. The summed E-state index contributed by atoms with van der Waals surface area (Å²) in [4.78, 5) is 10.8. The molecule has 0 saturated heterocycles. The average Bonchev–Trinajstić information content (AvgIpc) is 2.32. The Hall–Kier alpha value is -2.11. The van der Waals surface area contributed by atoms with Crippen LogP contribution in [0.1, 0.15) is 10.4 Å². The Balaban J connectivity index is 3.06. The first kappa shape index (κ1) is 11.4. The molecule has 0 aliphatic carbocycles. The molecule has 0 aromatic heterocycles. The van der Waals surface area contributed by atoms with Gasteiger partial charge < -0.3 is 5.11 Å². The van der Waals surface area contributed by atoms with Crippen molar-refractivity contribution in [2.75, 3.05) is 0 Å².